The molecule has 0 aromatic heterocycles. The van der Waals surface area contributed by atoms with E-state index in [4.69, 9.17) is 36.7 Å². The third-order valence-corrected chi connectivity index (χ3v) is 7.84. The van der Waals surface area contributed by atoms with Gasteiger partial charge >= 0.3 is 0 Å². The summed E-state index contributed by atoms with van der Waals surface area (Å²) < 4.78 is 0. The molecule has 0 unspecified atom stereocenters. The van der Waals surface area contributed by atoms with Gasteiger partial charge in [-0.25, -0.2) is 15.0 Å². The molecule has 3 rings (SSSR count). The lowest BCUT2D eigenvalue weighted by atomic mass is 10.1. The summed E-state index contributed by atoms with van der Waals surface area (Å²) in [6.07, 6.45) is 1.77. The number of benzene rings is 3. The summed E-state index contributed by atoms with van der Waals surface area (Å²) in [4.78, 5) is 51.8. The van der Waals surface area contributed by atoms with Crippen molar-refractivity contribution in [2.75, 3.05) is 30.7 Å². The number of amides is 4. The fraction of sp³-hybridized carbons (Fsp3) is 0.229. The van der Waals surface area contributed by atoms with E-state index in [1.54, 1.807) is 80.6 Å². The van der Waals surface area contributed by atoms with E-state index < -0.39 is 30.0 Å². The Morgan fingerprint density at radius 2 is 1.22 bits per heavy atom. The van der Waals surface area contributed by atoms with Gasteiger partial charge in [0.25, 0.3) is 0 Å². The predicted molar refractivity (Wildman–Crippen MR) is 208 cm³/mol. The van der Waals surface area contributed by atoms with Crippen LogP contribution in [0.5, 0.6) is 0 Å². The highest BCUT2D eigenvalue weighted by atomic mass is 32.1. The normalized spacial score (nSPS) is 10.3. The third-order valence-electron chi connectivity index (χ3n) is 6.82. The van der Waals surface area contributed by atoms with Crippen molar-refractivity contribution in [2.45, 2.75) is 32.6 Å². The molecule has 0 bridgehead atoms. The van der Waals surface area contributed by atoms with Crippen LogP contribution in [0.25, 0.3) is 0 Å². The van der Waals surface area contributed by atoms with Crippen LogP contribution in [-0.2, 0) is 25.6 Å². The van der Waals surface area contributed by atoms with Crippen molar-refractivity contribution >= 4 is 86.6 Å². The molecule has 0 radical (unpaired) electrons. The Bertz CT molecular complexity index is 1710. The van der Waals surface area contributed by atoms with Gasteiger partial charge in [0.15, 0.2) is 0 Å². The van der Waals surface area contributed by atoms with Crippen molar-refractivity contribution in [1.82, 2.24) is 31.7 Å². The van der Waals surface area contributed by atoms with Crippen LogP contribution in [-0.4, -0.2) is 69.3 Å². The molecule has 15 heteroatoms. The molecule has 0 spiro atoms. The van der Waals surface area contributed by atoms with Gasteiger partial charge in [0, 0.05) is 32.6 Å². The van der Waals surface area contributed by atoms with Crippen LogP contribution in [0.2, 0.25) is 0 Å². The Balaban J connectivity index is 1.64. The molecule has 0 saturated carbocycles. The van der Waals surface area contributed by atoms with E-state index in [0.29, 0.717) is 44.9 Å². The highest BCUT2D eigenvalue weighted by molar-refractivity contribution is 7.81. The van der Waals surface area contributed by atoms with Crippen LogP contribution in [0.4, 0.5) is 11.4 Å². The second-order valence-electron chi connectivity index (χ2n) is 11.0. The van der Waals surface area contributed by atoms with Crippen LogP contribution < -0.4 is 31.7 Å². The van der Waals surface area contributed by atoms with E-state index in [0.717, 1.165) is 5.56 Å². The van der Waals surface area contributed by atoms with Gasteiger partial charge in [-0.15, -0.1) is 6.58 Å². The molecule has 0 aliphatic heterocycles. The molecule has 262 valence electrons. The van der Waals surface area contributed by atoms with Crippen molar-refractivity contribution < 1.29 is 19.2 Å². The van der Waals surface area contributed by atoms with E-state index >= 15 is 0 Å². The molecule has 0 fully saturated rings. The minimum atomic E-state index is -0.590. The lowest BCUT2D eigenvalue weighted by Gasteiger charge is -2.27. The molecule has 12 nitrogen and oxygen atoms in total. The Morgan fingerprint density at radius 3 is 1.78 bits per heavy atom. The fourth-order valence-electron chi connectivity index (χ4n) is 4.50. The number of carbonyl (C=O) groups is 4. The number of hydrazine groups is 4. The maximum absolute atomic E-state index is 13.1. The predicted octanol–water partition coefficient (Wildman–Crippen LogP) is 3.94. The van der Waals surface area contributed by atoms with Crippen molar-refractivity contribution in [3.63, 3.8) is 0 Å². The van der Waals surface area contributed by atoms with Crippen LogP contribution in [0.1, 0.15) is 37.3 Å². The highest BCUT2D eigenvalue weighted by Crippen LogP contribution is 2.17. The van der Waals surface area contributed by atoms with Crippen LogP contribution in [0, 0.1) is 0 Å². The first-order chi connectivity index (χ1) is 23.9. The number of hydrogen-bond donors (Lipinski definition) is 4. The molecule has 0 aliphatic rings. The summed E-state index contributed by atoms with van der Waals surface area (Å²) in [6, 6.07) is 25.3. The maximum atomic E-state index is 13.1. The van der Waals surface area contributed by atoms with Crippen molar-refractivity contribution in [1.29, 1.82) is 0 Å². The molecule has 4 amide bonds. The van der Waals surface area contributed by atoms with Gasteiger partial charge in [-0.2, -0.15) is 0 Å². The molecule has 50 heavy (non-hydrogen) atoms. The summed E-state index contributed by atoms with van der Waals surface area (Å²) in [5.74, 6) is -2.15. The minimum Gasteiger partial charge on any atom is -0.289 e. The fourth-order valence-corrected chi connectivity index (χ4v) is 5.14. The standard InChI is InChI=1S/C35H40N8O4S3/c1-5-6-20-40(3)36-30(44)23-31(45)37-41(4)35(50)27-15-13-14-26(21-27)22-34(49)43(29-18-11-8-12-19-29)39-33(47)24-32(46)38-42(25(2)48)28-16-9-7-10-17-28/h5,7-19,21H,1,6,20,22-24H2,2-4H3,(H,36,44)(H,37,45)(H,38,46)(H,39,47). The number of thiocarbonyl (C=S) groups is 3. The average molecular weight is 733 g/mol. The Labute approximate surface area is 308 Å². The van der Waals surface area contributed by atoms with Gasteiger partial charge in [0.1, 0.15) is 22.8 Å². The zero-order valence-electron chi connectivity index (χ0n) is 28.0. The van der Waals surface area contributed by atoms with E-state index in [1.165, 1.54) is 15.0 Å². The Hall–Kier alpha value is -5.09. The summed E-state index contributed by atoms with van der Waals surface area (Å²) in [6.45, 7) is 5.88. The molecule has 0 heterocycles. The number of nitrogens with zero attached hydrogens (tertiary/aromatic N) is 4. The summed E-state index contributed by atoms with van der Waals surface area (Å²) in [5.41, 5.74) is 13.3. The quantitative estimate of drug-likeness (QED) is 0.0884. The van der Waals surface area contributed by atoms with E-state index in [1.807, 2.05) is 36.4 Å². The van der Waals surface area contributed by atoms with Gasteiger partial charge in [0.05, 0.1) is 16.4 Å². The minimum absolute atomic E-state index is 0.231. The lowest BCUT2D eigenvalue weighted by molar-refractivity contribution is -0.133. The summed E-state index contributed by atoms with van der Waals surface area (Å²) in [5, 5.41) is 5.86. The molecule has 0 atom stereocenters. The van der Waals surface area contributed by atoms with Gasteiger partial charge in [0.2, 0.25) is 23.6 Å². The molecule has 0 saturated heterocycles. The molecule has 4 N–H and O–H groups in total. The zero-order valence-corrected chi connectivity index (χ0v) is 30.5. The van der Waals surface area contributed by atoms with Crippen molar-refractivity contribution in [3.8, 4) is 0 Å². The van der Waals surface area contributed by atoms with Crippen molar-refractivity contribution in [2.24, 2.45) is 0 Å². The van der Waals surface area contributed by atoms with Gasteiger partial charge in [-0.3, -0.25) is 45.9 Å². The molecule has 3 aromatic carbocycles. The molecule has 0 aliphatic carbocycles. The smallest absolute Gasteiger partial charge is 0.248 e. The first-order valence-corrected chi connectivity index (χ1v) is 16.7. The first kappa shape index (κ1) is 39.3. The number of nitrogens with one attached hydrogen (secondary N) is 4. The lowest BCUT2D eigenvalue weighted by Crippen LogP contribution is -2.50. The Morgan fingerprint density at radius 1 is 0.700 bits per heavy atom. The van der Waals surface area contributed by atoms with E-state index in [2.05, 4.69) is 28.3 Å². The van der Waals surface area contributed by atoms with Gasteiger partial charge < -0.3 is 0 Å². The summed E-state index contributed by atoms with van der Waals surface area (Å²) in [7, 11) is 3.29. The topological polar surface area (TPSA) is 129 Å². The second kappa shape index (κ2) is 19.8. The number of para-hydroxylation sites is 2. The highest BCUT2D eigenvalue weighted by Gasteiger charge is 2.21. The van der Waals surface area contributed by atoms with Crippen LogP contribution in [0.3, 0.4) is 0 Å². The van der Waals surface area contributed by atoms with Gasteiger partial charge in [-0.05, 0) is 49.2 Å². The monoisotopic (exact) mass is 732 g/mol. The van der Waals surface area contributed by atoms with Gasteiger partial charge in [-0.1, -0.05) is 97.3 Å². The second-order valence-corrected chi connectivity index (χ2v) is 12.4. The number of anilines is 2. The van der Waals surface area contributed by atoms with E-state index in [-0.39, 0.29) is 12.8 Å². The summed E-state index contributed by atoms with van der Waals surface area (Å²) >= 11 is 16.7. The average Bonchev–Trinajstić information content (AvgIpc) is 3.08. The van der Waals surface area contributed by atoms with Crippen LogP contribution >= 0.6 is 36.7 Å². The van der Waals surface area contributed by atoms with E-state index in [9.17, 15) is 19.2 Å². The zero-order chi connectivity index (χ0) is 36.6. The SMILES string of the molecule is C=CCCN(C)NC(=O)CC(=O)NN(C)C(=S)c1cccc(CC(=S)N(NC(=O)CC(=O)NN(C(C)=S)c2ccccc2)c2ccccc2)c1. The number of carbonyl (C=O) groups excluding carboxylic acids is 4. The molecular formula is C35H40N8O4S3. The number of rotatable bonds is 13. The number of hydrogen-bond acceptors (Lipinski definition) is 8. The third kappa shape index (κ3) is 12.7. The molecule has 3 aromatic rings. The van der Waals surface area contributed by atoms with Crippen molar-refractivity contribution in [3.05, 3.63) is 109 Å². The Kier molecular flexibility index (Phi) is 15.6. The maximum Gasteiger partial charge on any atom is 0.248 e. The first-order valence-electron chi connectivity index (χ1n) is 15.5. The largest absolute Gasteiger partial charge is 0.289 e. The van der Waals surface area contributed by atoms with Crippen LogP contribution in [0.15, 0.2) is 97.6 Å². The molecular weight excluding hydrogens is 693 g/mol.